The molecule has 1 saturated heterocycles. The quantitative estimate of drug-likeness (QED) is 0.728. The van der Waals surface area contributed by atoms with Crippen LogP contribution in [-0.4, -0.2) is 49.2 Å². The summed E-state index contributed by atoms with van der Waals surface area (Å²) < 4.78 is 0. The normalized spacial score (nSPS) is 16.8. The molecule has 0 unspecified atom stereocenters. The van der Waals surface area contributed by atoms with Crippen LogP contribution in [0.15, 0.2) is 42.9 Å². The van der Waals surface area contributed by atoms with E-state index in [-0.39, 0.29) is 11.9 Å². The Morgan fingerprint density at radius 2 is 2.14 bits per heavy atom. The number of aryl methyl sites for hydroxylation is 1. The van der Waals surface area contributed by atoms with E-state index in [1.54, 1.807) is 12.5 Å². The van der Waals surface area contributed by atoms with Crippen molar-refractivity contribution in [3.63, 3.8) is 0 Å². The number of hydrogen-bond acceptors (Lipinski definition) is 5. The maximum absolute atomic E-state index is 12.7. The first kappa shape index (κ1) is 18.1. The molecule has 1 fully saturated rings. The van der Waals surface area contributed by atoms with Crippen molar-refractivity contribution >= 4 is 11.7 Å². The highest BCUT2D eigenvalue weighted by molar-refractivity contribution is 5.89. The van der Waals surface area contributed by atoms with Crippen molar-refractivity contribution in [3.8, 4) is 0 Å². The minimum absolute atomic E-state index is 0.0731. The van der Waals surface area contributed by atoms with E-state index in [1.807, 2.05) is 42.2 Å². The number of likely N-dealkylation sites (tertiary alicyclic amines) is 1. The molecule has 4 rings (SSSR count). The van der Waals surface area contributed by atoms with E-state index < -0.39 is 0 Å². The zero-order valence-corrected chi connectivity index (χ0v) is 15.8. The van der Waals surface area contributed by atoms with Crippen LogP contribution in [0.4, 0.5) is 10.5 Å². The number of carbonyl (C=O) groups excluding carboxylic acids is 1. The van der Waals surface area contributed by atoms with E-state index in [0.29, 0.717) is 13.0 Å². The van der Waals surface area contributed by atoms with Gasteiger partial charge in [0.2, 0.25) is 0 Å². The Bertz CT molecular complexity index is 923. The molecule has 0 spiro atoms. The third kappa shape index (κ3) is 4.33. The Hall–Kier alpha value is -3.29. The summed E-state index contributed by atoms with van der Waals surface area (Å²) in [6.07, 6.45) is 5.98. The van der Waals surface area contributed by atoms with Crippen LogP contribution >= 0.6 is 0 Å². The number of urea groups is 1. The summed E-state index contributed by atoms with van der Waals surface area (Å²) in [7, 11) is 0. The Labute approximate surface area is 163 Å². The Kier molecular flexibility index (Phi) is 5.27. The fourth-order valence-electron chi connectivity index (χ4n) is 3.50. The van der Waals surface area contributed by atoms with Crippen molar-refractivity contribution in [3.05, 3.63) is 65.8 Å². The van der Waals surface area contributed by atoms with Gasteiger partial charge in [-0.25, -0.2) is 19.7 Å². The first-order valence-corrected chi connectivity index (χ1v) is 9.46. The molecule has 0 aliphatic carbocycles. The fourth-order valence-corrected chi connectivity index (χ4v) is 3.50. The Morgan fingerprint density at radius 1 is 1.29 bits per heavy atom. The molecular weight excluding hydrogens is 354 g/mol. The van der Waals surface area contributed by atoms with Crippen molar-refractivity contribution in [2.75, 3.05) is 18.4 Å². The Balaban J connectivity index is 1.35. The lowest BCUT2D eigenvalue weighted by atomic mass is 9.95. The number of amides is 2. The van der Waals surface area contributed by atoms with Gasteiger partial charge in [0.25, 0.3) is 0 Å². The number of rotatable bonds is 4. The van der Waals surface area contributed by atoms with Crippen molar-refractivity contribution in [1.82, 2.24) is 30.0 Å². The summed E-state index contributed by atoms with van der Waals surface area (Å²) in [4.78, 5) is 27.2. The minimum atomic E-state index is -0.0731. The molecule has 144 valence electrons. The number of hydrogen-bond donors (Lipinski definition) is 2. The summed E-state index contributed by atoms with van der Waals surface area (Å²) in [5.74, 6) is 1.83. The van der Waals surface area contributed by atoms with Gasteiger partial charge in [0, 0.05) is 43.0 Å². The molecule has 0 radical (unpaired) electrons. The van der Waals surface area contributed by atoms with E-state index >= 15 is 0 Å². The standard InChI is InChI=1S/C20H23N7O/c1-14-23-19(26-25-14)11-15-4-6-17(7-5-15)24-20(28)27-10-2-3-16(12-27)18-8-9-21-13-22-18/h4-9,13,16H,2-3,10-12H2,1H3,(H,24,28)(H,23,25,26)/t16-/m0/s1. The van der Waals surface area contributed by atoms with Gasteiger partial charge in [-0.2, -0.15) is 5.10 Å². The lowest BCUT2D eigenvalue weighted by Crippen LogP contribution is -2.41. The molecule has 0 bridgehead atoms. The fraction of sp³-hybridized carbons (Fsp3) is 0.350. The molecule has 2 N–H and O–H groups in total. The van der Waals surface area contributed by atoms with E-state index in [4.69, 9.17) is 0 Å². The van der Waals surface area contributed by atoms with E-state index in [2.05, 4.69) is 30.5 Å². The van der Waals surface area contributed by atoms with Gasteiger partial charge in [0.15, 0.2) is 5.82 Å². The number of aromatic amines is 1. The Morgan fingerprint density at radius 3 is 2.86 bits per heavy atom. The number of benzene rings is 1. The highest BCUT2D eigenvalue weighted by Crippen LogP contribution is 2.25. The number of carbonyl (C=O) groups is 1. The predicted octanol–water partition coefficient (Wildman–Crippen LogP) is 2.91. The molecule has 28 heavy (non-hydrogen) atoms. The van der Waals surface area contributed by atoms with Crippen LogP contribution in [0.5, 0.6) is 0 Å². The van der Waals surface area contributed by atoms with Crippen molar-refractivity contribution in [2.24, 2.45) is 0 Å². The van der Waals surface area contributed by atoms with Gasteiger partial charge in [-0.15, -0.1) is 0 Å². The molecule has 1 aliphatic heterocycles. The van der Waals surface area contributed by atoms with Crippen molar-refractivity contribution in [1.29, 1.82) is 0 Å². The van der Waals surface area contributed by atoms with Crippen LogP contribution < -0.4 is 5.32 Å². The van der Waals surface area contributed by atoms with Crippen LogP contribution in [0.2, 0.25) is 0 Å². The van der Waals surface area contributed by atoms with Gasteiger partial charge in [0.1, 0.15) is 12.2 Å². The molecule has 0 saturated carbocycles. The number of nitrogens with zero attached hydrogens (tertiary/aromatic N) is 5. The highest BCUT2D eigenvalue weighted by Gasteiger charge is 2.25. The molecular formula is C20H23N7O. The van der Waals surface area contributed by atoms with Gasteiger partial charge < -0.3 is 10.2 Å². The molecule has 3 aromatic rings. The van der Waals surface area contributed by atoms with Gasteiger partial charge >= 0.3 is 6.03 Å². The number of nitrogens with one attached hydrogen (secondary N) is 2. The van der Waals surface area contributed by atoms with Crippen LogP contribution in [0, 0.1) is 6.92 Å². The van der Waals surface area contributed by atoms with Gasteiger partial charge in [-0.05, 0) is 43.5 Å². The average molecular weight is 377 g/mol. The van der Waals surface area contributed by atoms with Crippen LogP contribution in [0.1, 0.15) is 41.7 Å². The first-order chi connectivity index (χ1) is 13.7. The van der Waals surface area contributed by atoms with Gasteiger partial charge in [-0.3, -0.25) is 5.10 Å². The zero-order valence-electron chi connectivity index (χ0n) is 15.8. The summed E-state index contributed by atoms with van der Waals surface area (Å²) in [5.41, 5.74) is 2.88. The maximum atomic E-state index is 12.7. The minimum Gasteiger partial charge on any atom is -0.324 e. The van der Waals surface area contributed by atoms with Crippen molar-refractivity contribution in [2.45, 2.75) is 32.1 Å². The SMILES string of the molecule is Cc1nc(Cc2ccc(NC(=O)N3CCC[C@H](c4ccncn4)C3)cc2)n[nH]1. The highest BCUT2D eigenvalue weighted by atomic mass is 16.2. The maximum Gasteiger partial charge on any atom is 0.321 e. The molecule has 1 aliphatic rings. The van der Waals surface area contributed by atoms with Crippen LogP contribution in [0.3, 0.4) is 0 Å². The number of anilines is 1. The predicted molar refractivity (Wildman–Crippen MR) is 105 cm³/mol. The largest absolute Gasteiger partial charge is 0.324 e. The van der Waals surface area contributed by atoms with E-state index in [0.717, 1.165) is 48.0 Å². The van der Waals surface area contributed by atoms with Crippen molar-refractivity contribution < 1.29 is 4.79 Å². The third-order valence-corrected chi connectivity index (χ3v) is 4.94. The molecule has 1 atom stereocenters. The van der Waals surface area contributed by atoms with Crippen LogP contribution in [0.25, 0.3) is 0 Å². The molecule has 3 heterocycles. The molecule has 8 heteroatoms. The summed E-state index contributed by atoms with van der Waals surface area (Å²) in [6.45, 7) is 3.31. The zero-order chi connectivity index (χ0) is 19.3. The summed E-state index contributed by atoms with van der Waals surface area (Å²) in [6, 6.07) is 9.66. The van der Waals surface area contributed by atoms with Gasteiger partial charge in [-0.1, -0.05) is 12.1 Å². The monoisotopic (exact) mass is 377 g/mol. The molecule has 1 aromatic carbocycles. The smallest absolute Gasteiger partial charge is 0.321 e. The summed E-state index contributed by atoms with van der Waals surface area (Å²) >= 11 is 0. The van der Waals surface area contributed by atoms with Crippen LogP contribution in [-0.2, 0) is 6.42 Å². The lowest BCUT2D eigenvalue weighted by molar-refractivity contribution is 0.192. The summed E-state index contributed by atoms with van der Waals surface area (Å²) in [5, 5.41) is 10.00. The third-order valence-electron chi connectivity index (χ3n) is 4.94. The average Bonchev–Trinajstić information content (AvgIpc) is 3.15. The second-order valence-electron chi connectivity index (χ2n) is 7.06. The molecule has 2 amide bonds. The molecule has 2 aromatic heterocycles. The van der Waals surface area contributed by atoms with E-state index in [1.165, 1.54) is 0 Å². The van der Waals surface area contributed by atoms with Gasteiger partial charge in [0.05, 0.1) is 0 Å². The number of piperidine rings is 1. The second-order valence-corrected chi connectivity index (χ2v) is 7.06. The second kappa shape index (κ2) is 8.16. The molecule has 8 nitrogen and oxygen atoms in total. The first-order valence-electron chi connectivity index (χ1n) is 9.46. The number of H-pyrrole nitrogens is 1. The lowest BCUT2D eigenvalue weighted by Gasteiger charge is -2.32. The number of aromatic nitrogens is 5. The van der Waals surface area contributed by atoms with E-state index in [9.17, 15) is 4.79 Å². The topological polar surface area (TPSA) is 99.7 Å².